The number of rotatable bonds is 5. The lowest BCUT2D eigenvalue weighted by molar-refractivity contribution is 0.0701. The molecule has 0 amide bonds. The van der Waals surface area contributed by atoms with Crippen LogP contribution in [0, 0.1) is 5.92 Å². The molecule has 1 aromatic heterocycles. The van der Waals surface area contributed by atoms with Crippen molar-refractivity contribution in [2.45, 2.75) is 13.8 Å². The first-order chi connectivity index (χ1) is 7.09. The molecule has 0 radical (unpaired) electrons. The van der Waals surface area contributed by atoms with Crippen molar-refractivity contribution in [3.05, 3.63) is 29.0 Å². The zero-order valence-corrected chi connectivity index (χ0v) is 9.62. The molecule has 0 saturated carbocycles. The maximum atomic E-state index is 11.5. The number of carbonyl (C=O) groups excluding carboxylic acids is 1. The molecule has 1 heterocycles. The van der Waals surface area contributed by atoms with E-state index in [1.165, 1.54) is 6.20 Å². The minimum Gasteiger partial charge on any atom is -0.373 e. The molecule has 0 aliphatic rings. The zero-order chi connectivity index (χ0) is 11.3. The number of halogens is 1. The van der Waals surface area contributed by atoms with Crippen molar-refractivity contribution in [3.8, 4) is 0 Å². The molecule has 15 heavy (non-hydrogen) atoms. The first-order valence-electron chi connectivity index (χ1n) is 4.82. The van der Waals surface area contributed by atoms with Crippen LogP contribution in [0.1, 0.15) is 24.3 Å². The Kier molecular flexibility index (Phi) is 4.72. The van der Waals surface area contributed by atoms with Crippen molar-refractivity contribution < 1.29 is 9.53 Å². The number of ether oxygens (including phenoxy) is 1. The summed E-state index contributed by atoms with van der Waals surface area (Å²) in [6.07, 6.45) is 1.46. The van der Waals surface area contributed by atoms with Crippen LogP contribution in [0.4, 0.5) is 0 Å². The first kappa shape index (κ1) is 12.1. The summed E-state index contributed by atoms with van der Waals surface area (Å²) in [4.78, 5) is 15.4. The van der Waals surface area contributed by atoms with Gasteiger partial charge >= 0.3 is 0 Å². The Morgan fingerprint density at radius 2 is 2.27 bits per heavy atom. The lowest BCUT2D eigenvalue weighted by atomic mass is 10.2. The summed E-state index contributed by atoms with van der Waals surface area (Å²) in [5, 5.41) is 0.523. The molecule has 0 N–H and O–H groups in total. The van der Waals surface area contributed by atoms with E-state index in [-0.39, 0.29) is 12.4 Å². The summed E-state index contributed by atoms with van der Waals surface area (Å²) in [5.74, 6) is 0.309. The van der Waals surface area contributed by atoms with Gasteiger partial charge in [0.25, 0.3) is 0 Å². The summed E-state index contributed by atoms with van der Waals surface area (Å²) >= 11 is 5.66. The third-order valence-corrected chi connectivity index (χ3v) is 1.92. The fourth-order valence-electron chi connectivity index (χ4n) is 1.00. The second kappa shape index (κ2) is 5.83. The molecule has 0 atom stereocenters. The Balaban J connectivity index is 2.43. The van der Waals surface area contributed by atoms with Crippen LogP contribution in [0.5, 0.6) is 0 Å². The van der Waals surface area contributed by atoms with Crippen LogP contribution >= 0.6 is 11.6 Å². The van der Waals surface area contributed by atoms with Crippen LogP contribution in [-0.2, 0) is 4.74 Å². The van der Waals surface area contributed by atoms with Gasteiger partial charge in [-0.1, -0.05) is 25.4 Å². The minimum atomic E-state index is -0.118. The van der Waals surface area contributed by atoms with Crippen molar-refractivity contribution in [2.24, 2.45) is 5.92 Å². The number of aromatic nitrogens is 1. The number of hydrogen-bond acceptors (Lipinski definition) is 3. The maximum absolute atomic E-state index is 11.5. The topological polar surface area (TPSA) is 39.2 Å². The smallest absolute Gasteiger partial charge is 0.206 e. The molecule has 0 aromatic carbocycles. The van der Waals surface area contributed by atoms with Crippen LogP contribution in [0.3, 0.4) is 0 Å². The fraction of sp³-hybridized carbons (Fsp3) is 0.455. The molecule has 0 saturated heterocycles. The summed E-state index contributed by atoms with van der Waals surface area (Å²) < 4.78 is 5.22. The Bertz CT molecular complexity index is 322. The number of nitrogens with zero attached hydrogens (tertiary/aromatic N) is 1. The third kappa shape index (κ3) is 4.40. The number of pyridine rings is 1. The van der Waals surface area contributed by atoms with Crippen molar-refractivity contribution in [1.29, 1.82) is 0 Å². The van der Waals surface area contributed by atoms with Crippen LogP contribution < -0.4 is 0 Å². The van der Waals surface area contributed by atoms with Gasteiger partial charge in [0.05, 0.1) is 5.02 Å². The van der Waals surface area contributed by atoms with E-state index < -0.39 is 0 Å². The van der Waals surface area contributed by atoms with E-state index in [0.29, 0.717) is 23.2 Å². The normalized spacial score (nSPS) is 10.7. The van der Waals surface area contributed by atoms with Crippen molar-refractivity contribution >= 4 is 17.4 Å². The van der Waals surface area contributed by atoms with E-state index in [9.17, 15) is 4.79 Å². The molecule has 4 heteroatoms. The molecule has 0 bridgehead atoms. The quantitative estimate of drug-likeness (QED) is 0.726. The average molecular weight is 228 g/mol. The minimum absolute atomic E-state index is 0.0762. The van der Waals surface area contributed by atoms with Gasteiger partial charge in [-0.25, -0.2) is 0 Å². The van der Waals surface area contributed by atoms with Gasteiger partial charge in [-0.15, -0.1) is 0 Å². The van der Waals surface area contributed by atoms with E-state index in [1.54, 1.807) is 12.1 Å². The Morgan fingerprint density at radius 1 is 1.53 bits per heavy atom. The fourth-order valence-corrected chi connectivity index (χ4v) is 1.11. The van der Waals surface area contributed by atoms with Gasteiger partial charge in [-0.3, -0.25) is 9.78 Å². The Morgan fingerprint density at radius 3 is 2.80 bits per heavy atom. The molecule has 82 valence electrons. The lowest BCUT2D eigenvalue weighted by Gasteiger charge is -2.05. The molecule has 0 aliphatic carbocycles. The summed E-state index contributed by atoms with van der Waals surface area (Å²) in [5.41, 5.74) is 0.392. The number of Topliss-reactive ketones (excluding diaryl/α,β-unsaturated/α-hetero) is 1. The maximum Gasteiger partial charge on any atom is 0.206 e. The number of ketones is 1. The lowest BCUT2D eigenvalue weighted by Crippen LogP contribution is -2.13. The first-order valence-corrected chi connectivity index (χ1v) is 5.20. The van der Waals surface area contributed by atoms with Crippen LogP contribution in [0.25, 0.3) is 0 Å². The number of carbonyl (C=O) groups is 1. The Labute approximate surface area is 94.4 Å². The zero-order valence-electron chi connectivity index (χ0n) is 8.87. The highest BCUT2D eigenvalue weighted by Crippen LogP contribution is 2.06. The molecular weight excluding hydrogens is 214 g/mol. The second-order valence-electron chi connectivity index (χ2n) is 3.69. The highest BCUT2D eigenvalue weighted by atomic mass is 35.5. The largest absolute Gasteiger partial charge is 0.373 e. The average Bonchev–Trinajstić information content (AvgIpc) is 2.18. The monoisotopic (exact) mass is 227 g/mol. The van der Waals surface area contributed by atoms with Gasteiger partial charge in [-0.2, -0.15) is 0 Å². The molecule has 0 fully saturated rings. The van der Waals surface area contributed by atoms with E-state index in [2.05, 4.69) is 4.98 Å². The van der Waals surface area contributed by atoms with Crippen LogP contribution in [0.15, 0.2) is 18.3 Å². The van der Waals surface area contributed by atoms with Gasteiger partial charge < -0.3 is 4.74 Å². The second-order valence-corrected chi connectivity index (χ2v) is 4.13. The summed E-state index contributed by atoms with van der Waals surface area (Å²) in [7, 11) is 0. The molecule has 0 aliphatic heterocycles. The summed E-state index contributed by atoms with van der Waals surface area (Å²) in [6.45, 7) is 4.72. The van der Waals surface area contributed by atoms with Crippen LogP contribution in [0.2, 0.25) is 5.02 Å². The van der Waals surface area contributed by atoms with Crippen molar-refractivity contribution in [3.63, 3.8) is 0 Å². The van der Waals surface area contributed by atoms with E-state index >= 15 is 0 Å². The van der Waals surface area contributed by atoms with E-state index in [4.69, 9.17) is 16.3 Å². The summed E-state index contributed by atoms with van der Waals surface area (Å²) in [6, 6.07) is 3.24. The Hall–Kier alpha value is -0.930. The predicted octanol–water partition coefficient (Wildman–Crippen LogP) is 2.59. The SMILES string of the molecule is CC(C)COCC(=O)c1ccc(Cl)cn1. The molecule has 0 spiro atoms. The van der Waals surface area contributed by atoms with Crippen molar-refractivity contribution in [2.75, 3.05) is 13.2 Å². The standard InChI is InChI=1S/C11H14ClNO2/c1-8(2)6-15-7-11(14)10-4-3-9(12)5-13-10/h3-5,8H,6-7H2,1-2H3. The predicted molar refractivity (Wildman–Crippen MR) is 59.2 cm³/mol. The van der Waals surface area contributed by atoms with Gasteiger partial charge in [-0.05, 0) is 18.1 Å². The van der Waals surface area contributed by atoms with E-state index in [0.717, 1.165) is 0 Å². The van der Waals surface area contributed by atoms with Gasteiger partial charge in [0, 0.05) is 12.8 Å². The van der Waals surface area contributed by atoms with Gasteiger partial charge in [0.1, 0.15) is 12.3 Å². The van der Waals surface area contributed by atoms with Crippen molar-refractivity contribution in [1.82, 2.24) is 4.98 Å². The highest BCUT2D eigenvalue weighted by molar-refractivity contribution is 6.30. The molecule has 1 aromatic rings. The molecular formula is C11H14ClNO2. The van der Waals surface area contributed by atoms with E-state index in [1.807, 2.05) is 13.8 Å². The number of hydrogen-bond donors (Lipinski definition) is 0. The molecule has 1 rings (SSSR count). The van der Waals surface area contributed by atoms with Crippen LogP contribution in [-0.4, -0.2) is 24.0 Å². The van der Waals surface area contributed by atoms with Gasteiger partial charge in [0.2, 0.25) is 5.78 Å². The molecule has 0 unspecified atom stereocenters. The highest BCUT2D eigenvalue weighted by Gasteiger charge is 2.07. The van der Waals surface area contributed by atoms with Gasteiger partial charge in [0.15, 0.2) is 0 Å². The molecule has 3 nitrogen and oxygen atoms in total. The third-order valence-electron chi connectivity index (χ3n) is 1.70.